The average molecular weight is 266 g/mol. The minimum atomic E-state index is -4.30. The first-order chi connectivity index (χ1) is 8.18. The van der Waals surface area contributed by atoms with Gasteiger partial charge in [0.15, 0.2) is 0 Å². The fourth-order valence-electron chi connectivity index (χ4n) is 2.09. The van der Waals surface area contributed by atoms with Gasteiger partial charge in [0.25, 0.3) is 0 Å². The standard InChI is InChI=1S/C12H21F3N2O/c1-4-5-6-7-9(12(13,14)15)17-8-11(2,3)10(18)16-17/h9H,4-8H2,1-3H3,(H,16,18)/t9-/m0/s1. The number of nitrogens with zero attached hydrogens (tertiary/aromatic N) is 1. The highest BCUT2D eigenvalue weighted by molar-refractivity contribution is 5.83. The van der Waals surface area contributed by atoms with Gasteiger partial charge in [-0.1, -0.05) is 26.2 Å². The van der Waals surface area contributed by atoms with Crippen LogP contribution in [-0.2, 0) is 4.79 Å². The summed E-state index contributed by atoms with van der Waals surface area (Å²) in [4.78, 5) is 11.5. The molecule has 1 amide bonds. The summed E-state index contributed by atoms with van der Waals surface area (Å²) in [5.41, 5.74) is 1.60. The summed E-state index contributed by atoms with van der Waals surface area (Å²) in [6, 6.07) is -1.57. The molecule has 1 aliphatic heterocycles. The fraction of sp³-hybridized carbons (Fsp3) is 0.917. The molecule has 0 spiro atoms. The topological polar surface area (TPSA) is 32.3 Å². The van der Waals surface area contributed by atoms with Crippen molar-refractivity contribution in [1.29, 1.82) is 0 Å². The molecule has 1 N–H and O–H groups in total. The first-order valence-corrected chi connectivity index (χ1v) is 6.33. The Balaban J connectivity index is 2.70. The number of nitrogens with one attached hydrogen (secondary N) is 1. The van der Waals surface area contributed by atoms with Crippen LogP contribution in [0.5, 0.6) is 0 Å². The zero-order valence-corrected chi connectivity index (χ0v) is 11.1. The Morgan fingerprint density at radius 2 is 2.00 bits per heavy atom. The largest absolute Gasteiger partial charge is 0.405 e. The molecule has 1 atom stereocenters. The van der Waals surface area contributed by atoms with E-state index in [0.717, 1.165) is 17.9 Å². The van der Waals surface area contributed by atoms with Gasteiger partial charge in [0.05, 0.1) is 5.41 Å². The van der Waals surface area contributed by atoms with Crippen molar-refractivity contribution in [2.75, 3.05) is 6.54 Å². The van der Waals surface area contributed by atoms with E-state index in [9.17, 15) is 18.0 Å². The number of hydrogen-bond donors (Lipinski definition) is 1. The Morgan fingerprint density at radius 3 is 2.39 bits per heavy atom. The van der Waals surface area contributed by atoms with Gasteiger partial charge in [-0.15, -0.1) is 0 Å². The van der Waals surface area contributed by atoms with Crippen LogP contribution in [0.2, 0.25) is 0 Å². The van der Waals surface area contributed by atoms with Crippen molar-refractivity contribution in [3.05, 3.63) is 0 Å². The van der Waals surface area contributed by atoms with Crippen molar-refractivity contribution in [2.24, 2.45) is 5.41 Å². The van der Waals surface area contributed by atoms with Crippen LogP contribution in [0.4, 0.5) is 13.2 Å². The van der Waals surface area contributed by atoms with Crippen LogP contribution in [0.1, 0.15) is 46.5 Å². The van der Waals surface area contributed by atoms with E-state index < -0.39 is 17.6 Å². The molecule has 0 aromatic rings. The molecular weight excluding hydrogens is 245 g/mol. The monoisotopic (exact) mass is 266 g/mol. The maximum atomic E-state index is 13.0. The summed E-state index contributed by atoms with van der Waals surface area (Å²) in [6.07, 6.45) is -2.09. The maximum Gasteiger partial charge on any atom is 0.405 e. The smallest absolute Gasteiger partial charge is 0.288 e. The van der Waals surface area contributed by atoms with Crippen LogP contribution in [0.25, 0.3) is 0 Å². The Hall–Kier alpha value is -0.780. The molecule has 0 radical (unpaired) electrons. The first kappa shape index (κ1) is 15.3. The molecule has 6 heteroatoms. The quantitative estimate of drug-likeness (QED) is 0.776. The van der Waals surface area contributed by atoms with E-state index in [1.165, 1.54) is 0 Å². The van der Waals surface area contributed by atoms with Crippen molar-refractivity contribution in [1.82, 2.24) is 10.4 Å². The number of halogens is 3. The zero-order valence-electron chi connectivity index (χ0n) is 11.1. The minimum absolute atomic E-state index is 0.0354. The second-order valence-corrected chi connectivity index (χ2v) is 5.51. The third kappa shape index (κ3) is 3.60. The highest BCUT2D eigenvalue weighted by Gasteiger charge is 2.49. The molecule has 1 rings (SSSR count). The molecule has 18 heavy (non-hydrogen) atoms. The van der Waals surface area contributed by atoms with Gasteiger partial charge in [-0.25, -0.2) is 5.01 Å². The summed E-state index contributed by atoms with van der Waals surface area (Å²) in [6.45, 7) is 5.36. The van der Waals surface area contributed by atoms with Gasteiger partial charge >= 0.3 is 6.18 Å². The number of carbonyl (C=O) groups is 1. The molecule has 0 unspecified atom stereocenters. The van der Waals surface area contributed by atoms with E-state index in [-0.39, 0.29) is 18.9 Å². The van der Waals surface area contributed by atoms with E-state index >= 15 is 0 Å². The van der Waals surface area contributed by atoms with Crippen LogP contribution in [0, 0.1) is 5.41 Å². The molecule has 1 aliphatic rings. The Labute approximate surface area is 106 Å². The van der Waals surface area contributed by atoms with Gasteiger partial charge in [-0.05, 0) is 20.3 Å². The normalized spacial score (nSPS) is 22.0. The SMILES string of the molecule is CCCCC[C@H](N1CC(C)(C)C(=O)N1)C(F)(F)F. The molecule has 0 aliphatic carbocycles. The van der Waals surface area contributed by atoms with Crippen molar-refractivity contribution in [2.45, 2.75) is 58.7 Å². The maximum absolute atomic E-state index is 13.0. The highest BCUT2D eigenvalue weighted by atomic mass is 19.4. The Kier molecular flexibility index (Phi) is 4.64. The molecule has 0 saturated carbocycles. The van der Waals surface area contributed by atoms with E-state index in [4.69, 9.17) is 0 Å². The van der Waals surface area contributed by atoms with Crippen LogP contribution in [-0.4, -0.2) is 29.7 Å². The summed E-state index contributed by atoms with van der Waals surface area (Å²) in [7, 11) is 0. The molecule has 0 aromatic heterocycles. The molecule has 0 aromatic carbocycles. The summed E-state index contributed by atoms with van der Waals surface area (Å²) in [5.74, 6) is -0.341. The third-order valence-electron chi connectivity index (χ3n) is 3.26. The highest BCUT2D eigenvalue weighted by Crippen LogP contribution is 2.33. The summed E-state index contributed by atoms with van der Waals surface area (Å²) < 4.78 is 39.0. The summed E-state index contributed by atoms with van der Waals surface area (Å²) in [5, 5.41) is 1.05. The van der Waals surface area contributed by atoms with Gasteiger partial charge in [0.2, 0.25) is 5.91 Å². The van der Waals surface area contributed by atoms with E-state index in [1.807, 2.05) is 6.92 Å². The zero-order chi connectivity index (χ0) is 14.0. The van der Waals surface area contributed by atoms with E-state index in [1.54, 1.807) is 13.8 Å². The number of hydrazine groups is 1. The van der Waals surface area contributed by atoms with Gasteiger partial charge in [-0.3, -0.25) is 10.2 Å². The number of hydrogen-bond acceptors (Lipinski definition) is 2. The number of carbonyl (C=O) groups excluding carboxylic acids is 1. The predicted octanol–water partition coefficient (Wildman–Crippen LogP) is 2.87. The number of alkyl halides is 3. The van der Waals surface area contributed by atoms with E-state index in [0.29, 0.717) is 6.42 Å². The van der Waals surface area contributed by atoms with Crippen LogP contribution in [0.3, 0.4) is 0 Å². The van der Waals surface area contributed by atoms with Crippen LogP contribution in [0.15, 0.2) is 0 Å². The number of unbranched alkanes of at least 4 members (excludes halogenated alkanes) is 2. The Morgan fingerprint density at radius 1 is 1.39 bits per heavy atom. The number of rotatable bonds is 5. The lowest BCUT2D eigenvalue weighted by Crippen LogP contribution is -2.49. The van der Waals surface area contributed by atoms with Crippen molar-refractivity contribution >= 4 is 5.91 Å². The van der Waals surface area contributed by atoms with Crippen molar-refractivity contribution < 1.29 is 18.0 Å². The van der Waals surface area contributed by atoms with Gasteiger partial charge < -0.3 is 0 Å². The van der Waals surface area contributed by atoms with Crippen LogP contribution < -0.4 is 5.43 Å². The lowest BCUT2D eigenvalue weighted by Gasteiger charge is -2.29. The molecule has 1 heterocycles. The molecule has 1 fully saturated rings. The van der Waals surface area contributed by atoms with Crippen molar-refractivity contribution in [3.63, 3.8) is 0 Å². The molecular formula is C12H21F3N2O. The third-order valence-corrected chi connectivity index (χ3v) is 3.26. The average Bonchev–Trinajstić information content (AvgIpc) is 2.46. The van der Waals surface area contributed by atoms with Gasteiger partial charge in [0, 0.05) is 6.54 Å². The molecule has 106 valence electrons. The van der Waals surface area contributed by atoms with Crippen molar-refractivity contribution in [3.8, 4) is 0 Å². The lowest BCUT2D eigenvalue weighted by molar-refractivity contribution is -0.190. The molecule has 0 bridgehead atoms. The number of amides is 1. The molecule has 1 saturated heterocycles. The second kappa shape index (κ2) is 5.47. The molecule has 3 nitrogen and oxygen atoms in total. The summed E-state index contributed by atoms with van der Waals surface area (Å²) >= 11 is 0. The van der Waals surface area contributed by atoms with Gasteiger partial charge in [0.1, 0.15) is 6.04 Å². The second-order valence-electron chi connectivity index (χ2n) is 5.51. The fourth-order valence-corrected chi connectivity index (χ4v) is 2.09. The Bertz CT molecular complexity index is 302. The first-order valence-electron chi connectivity index (χ1n) is 6.33. The lowest BCUT2D eigenvalue weighted by atomic mass is 9.94. The van der Waals surface area contributed by atoms with Gasteiger partial charge in [-0.2, -0.15) is 13.2 Å². The van der Waals surface area contributed by atoms with Crippen LogP contribution >= 0.6 is 0 Å². The predicted molar refractivity (Wildman–Crippen MR) is 62.6 cm³/mol. The minimum Gasteiger partial charge on any atom is -0.288 e. The van der Waals surface area contributed by atoms with E-state index in [2.05, 4.69) is 5.43 Å².